The van der Waals surface area contributed by atoms with E-state index in [9.17, 15) is 39.6 Å². The number of hydrogen-bond donors (Lipinski definition) is 2. The van der Waals surface area contributed by atoms with E-state index in [4.69, 9.17) is 21.1 Å². The molecule has 8 rings (SSSR count). The number of aromatic nitrogens is 2. The van der Waals surface area contributed by atoms with Crippen molar-refractivity contribution >= 4 is 76.8 Å². The maximum absolute atomic E-state index is 12.9. The predicted octanol–water partition coefficient (Wildman–Crippen LogP) is 10.4. The first-order valence-corrected chi connectivity index (χ1v) is 24.5. The second-order valence-electron chi connectivity index (χ2n) is 15.3. The number of rotatable bonds is 13. The van der Waals surface area contributed by atoms with Gasteiger partial charge in [0, 0.05) is 39.3 Å². The van der Waals surface area contributed by atoms with Gasteiger partial charge in [0.05, 0.1) is 49.1 Å². The van der Waals surface area contributed by atoms with E-state index in [1.54, 1.807) is 94.3 Å². The zero-order chi connectivity index (χ0) is 49.0. The van der Waals surface area contributed by atoms with Gasteiger partial charge in [-0.2, -0.15) is 0 Å². The highest BCUT2D eigenvalue weighted by atomic mass is 35.5. The molecule has 0 aliphatic carbocycles. The van der Waals surface area contributed by atoms with Crippen LogP contribution in [0.5, 0.6) is 5.75 Å². The molecule has 0 radical (unpaired) electrons. The Morgan fingerprint density at radius 1 is 0.574 bits per heavy atom. The summed E-state index contributed by atoms with van der Waals surface area (Å²) in [5.41, 5.74) is 5.50. The fourth-order valence-electron chi connectivity index (χ4n) is 7.82. The van der Waals surface area contributed by atoms with Gasteiger partial charge in [0.25, 0.3) is 0 Å². The Kier molecular flexibility index (Phi) is 14.2. The van der Waals surface area contributed by atoms with E-state index >= 15 is 0 Å². The summed E-state index contributed by atoms with van der Waals surface area (Å²) in [4.78, 5) is 25.8. The van der Waals surface area contributed by atoms with Crippen LogP contribution in [0.15, 0.2) is 158 Å². The van der Waals surface area contributed by atoms with Crippen LogP contribution in [0.3, 0.4) is 0 Å². The lowest BCUT2D eigenvalue weighted by Gasteiger charge is -2.20. The standard InChI is InChI=1S/C25H21F3N2O5S.C24H21ClN2O4S/c1-34-24(31)23(30-14-13-19-20(29-36(2,32)33)10-6-11-21(19)30)17-8-5-7-16(15-17)18-9-3-4-12-22(18)35-25(26,27)28;1-31-24(28)23(17-8-5-7-16(15-17)18-9-3-4-10-20(18)25)27-14-13-19-21(26-32(2,29)30)11-6-12-22(19)27/h3-15,23,29H,1-2H3;3-15,23,26H,1-2H3. The molecule has 2 heterocycles. The number of benzene rings is 6. The van der Waals surface area contributed by atoms with Crippen LogP contribution in [-0.2, 0) is 39.1 Å². The van der Waals surface area contributed by atoms with Crippen molar-refractivity contribution in [2.24, 2.45) is 0 Å². The molecule has 2 aromatic heterocycles. The van der Waals surface area contributed by atoms with Crippen molar-refractivity contribution in [3.8, 4) is 28.0 Å². The molecule has 352 valence electrons. The van der Waals surface area contributed by atoms with E-state index < -0.39 is 50.4 Å². The molecule has 2 atom stereocenters. The molecule has 8 aromatic rings. The summed E-state index contributed by atoms with van der Waals surface area (Å²) in [6.45, 7) is 0. The topological polar surface area (TPSA) is 164 Å². The van der Waals surface area contributed by atoms with Gasteiger partial charge in [-0.15, -0.1) is 13.2 Å². The van der Waals surface area contributed by atoms with E-state index in [-0.39, 0.29) is 11.3 Å². The summed E-state index contributed by atoms with van der Waals surface area (Å²) < 4.78 is 109. The van der Waals surface area contributed by atoms with Crippen molar-refractivity contribution in [2.75, 3.05) is 36.2 Å². The average Bonchev–Trinajstić information content (AvgIpc) is 3.92. The van der Waals surface area contributed by atoms with E-state index in [2.05, 4.69) is 14.2 Å². The molecule has 2 N–H and O–H groups in total. The average molecular weight is 987 g/mol. The number of methoxy groups -OCH3 is 2. The third-order valence-corrected chi connectivity index (χ3v) is 12.0. The number of nitrogens with zero attached hydrogens (tertiary/aromatic N) is 2. The van der Waals surface area contributed by atoms with Crippen molar-refractivity contribution in [1.29, 1.82) is 0 Å². The van der Waals surface area contributed by atoms with E-state index in [1.807, 2.05) is 54.6 Å². The second kappa shape index (κ2) is 19.9. The van der Waals surface area contributed by atoms with Crippen molar-refractivity contribution in [2.45, 2.75) is 18.4 Å². The van der Waals surface area contributed by atoms with Gasteiger partial charge in [0.2, 0.25) is 20.0 Å². The molecule has 0 amide bonds. The van der Waals surface area contributed by atoms with Crippen LogP contribution in [0.4, 0.5) is 24.5 Å². The Bertz CT molecular complexity index is 3390. The molecule has 6 aromatic carbocycles. The summed E-state index contributed by atoms with van der Waals surface area (Å²) in [5.74, 6) is -1.44. The van der Waals surface area contributed by atoms with Crippen molar-refractivity contribution in [1.82, 2.24) is 9.13 Å². The van der Waals surface area contributed by atoms with Crippen molar-refractivity contribution < 1.29 is 53.8 Å². The summed E-state index contributed by atoms with van der Waals surface area (Å²) >= 11 is 6.38. The van der Waals surface area contributed by atoms with Crippen LogP contribution >= 0.6 is 11.6 Å². The molecule has 0 bridgehead atoms. The highest BCUT2D eigenvalue weighted by molar-refractivity contribution is 7.92. The summed E-state index contributed by atoms with van der Waals surface area (Å²) in [7, 11) is -4.43. The Morgan fingerprint density at radius 3 is 1.44 bits per heavy atom. The molecular formula is C49H42ClF3N4O9S2. The van der Waals surface area contributed by atoms with Gasteiger partial charge in [0.1, 0.15) is 5.75 Å². The van der Waals surface area contributed by atoms with Gasteiger partial charge in [-0.1, -0.05) is 96.5 Å². The first kappa shape index (κ1) is 48.6. The van der Waals surface area contributed by atoms with Gasteiger partial charge in [-0.05, 0) is 82.9 Å². The fourth-order valence-corrected chi connectivity index (χ4v) is 9.21. The highest BCUT2D eigenvalue weighted by Gasteiger charge is 2.33. The zero-order valence-electron chi connectivity index (χ0n) is 36.6. The molecule has 0 aliphatic heterocycles. The van der Waals surface area contributed by atoms with Crippen LogP contribution in [0.25, 0.3) is 44.1 Å². The maximum Gasteiger partial charge on any atom is 0.573 e. The predicted molar refractivity (Wildman–Crippen MR) is 257 cm³/mol. The minimum Gasteiger partial charge on any atom is -0.467 e. The minimum absolute atomic E-state index is 0.192. The van der Waals surface area contributed by atoms with Crippen LogP contribution < -0.4 is 14.2 Å². The minimum atomic E-state index is -4.87. The van der Waals surface area contributed by atoms with E-state index in [0.29, 0.717) is 54.9 Å². The quantitative estimate of drug-likeness (QED) is 0.107. The Labute approximate surface area is 394 Å². The molecule has 68 heavy (non-hydrogen) atoms. The van der Waals surface area contributed by atoms with Gasteiger partial charge in [-0.3, -0.25) is 9.44 Å². The molecule has 13 nitrogen and oxygen atoms in total. The number of carbonyl (C=O) groups is 2. The van der Waals surface area contributed by atoms with Crippen LogP contribution in [0.1, 0.15) is 23.2 Å². The summed E-state index contributed by atoms with van der Waals surface area (Å²) in [6.07, 6.45) is 0.630. The van der Waals surface area contributed by atoms with Crippen molar-refractivity contribution in [3.63, 3.8) is 0 Å². The summed E-state index contributed by atoms with van der Waals surface area (Å²) in [5, 5.41) is 1.84. The number of carbonyl (C=O) groups excluding carboxylic acids is 2. The number of para-hydroxylation sites is 1. The number of halogens is 4. The zero-order valence-corrected chi connectivity index (χ0v) is 39.0. The molecule has 0 saturated heterocycles. The third-order valence-electron chi connectivity index (χ3n) is 10.5. The second-order valence-corrected chi connectivity index (χ2v) is 19.2. The number of sulfonamides is 2. The maximum atomic E-state index is 12.9. The Balaban J connectivity index is 0.000000203. The number of hydrogen-bond acceptors (Lipinski definition) is 9. The monoisotopic (exact) mass is 986 g/mol. The normalized spacial score (nSPS) is 12.6. The molecule has 2 unspecified atom stereocenters. The summed E-state index contributed by atoms with van der Waals surface area (Å²) in [6, 6.07) is 39.1. The number of esters is 2. The Morgan fingerprint density at radius 2 is 1.00 bits per heavy atom. The van der Waals surface area contributed by atoms with E-state index in [1.165, 1.54) is 32.4 Å². The highest BCUT2D eigenvalue weighted by Crippen LogP contribution is 2.38. The van der Waals surface area contributed by atoms with Gasteiger partial charge in [-0.25, -0.2) is 26.4 Å². The molecule has 19 heteroatoms. The largest absolute Gasteiger partial charge is 0.573 e. The van der Waals surface area contributed by atoms with Gasteiger partial charge < -0.3 is 23.3 Å². The number of anilines is 2. The van der Waals surface area contributed by atoms with Gasteiger partial charge >= 0.3 is 18.3 Å². The molecule has 0 spiro atoms. The smallest absolute Gasteiger partial charge is 0.467 e. The molecule has 0 saturated carbocycles. The van der Waals surface area contributed by atoms with Crippen LogP contribution in [-0.4, -0.2) is 71.0 Å². The molecular weight excluding hydrogens is 945 g/mol. The molecule has 0 aliphatic rings. The Hall–Kier alpha value is -7.28. The van der Waals surface area contributed by atoms with E-state index in [0.717, 1.165) is 23.6 Å². The van der Waals surface area contributed by atoms with Crippen LogP contribution in [0.2, 0.25) is 5.02 Å². The van der Waals surface area contributed by atoms with Crippen molar-refractivity contribution in [3.05, 3.63) is 174 Å². The lowest BCUT2D eigenvalue weighted by atomic mass is 9.98. The lowest BCUT2D eigenvalue weighted by molar-refractivity contribution is -0.274. The third kappa shape index (κ3) is 11.3. The number of nitrogens with one attached hydrogen (secondary N) is 2. The molecule has 0 fully saturated rings. The van der Waals surface area contributed by atoms with Crippen LogP contribution in [0, 0.1) is 0 Å². The number of alkyl halides is 3. The SMILES string of the molecule is COC(=O)C(c1cccc(-c2ccccc2Cl)c1)n1ccc2c(NS(C)(=O)=O)cccc21.COC(=O)C(c1cccc(-c2ccccc2OC(F)(F)F)c1)n1ccc2c(NS(C)(=O)=O)cccc21. The lowest BCUT2D eigenvalue weighted by Crippen LogP contribution is -2.21. The number of fused-ring (bicyclic) bond motifs is 2. The van der Waals surface area contributed by atoms with Gasteiger partial charge in [0.15, 0.2) is 12.1 Å². The first-order valence-electron chi connectivity index (χ1n) is 20.4. The fraction of sp³-hybridized carbons (Fsp3) is 0.143. The number of ether oxygens (including phenoxy) is 3. The first-order chi connectivity index (χ1) is 32.2.